The topological polar surface area (TPSA) is 0 Å². The lowest BCUT2D eigenvalue weighted by Crippen LogP contribution is -2.03. The molecular weight excluding hydrogens is 180 g/mol. The molecule has 1 aliphatic carbocycles. The van der Waals surface area contributed by atoms with Crippen LogP contribution in [-0.2, 0) is 6.42 Å². The molecule has 70 valence electrons. The van der Waals surface area contributed by atoms with E-state index in [1.165, 1.54) is 31.2 Å². The smallest absolute Gasteiger partial charge is 0.0438 e. The summed E-state index contributed by atoms with van der Waals surface area (Å²) >= 11 is 6.12. The molecule has 1 aliphatic rings. The maximum absolute atomic E-state index is 6.12. The third-order valence-corrected chi connectivity index (χ3v) is 3.60. The fourth-order valence-corrected chi connectivity index (χ4v) is 2.08. The standard InChI is InChI=1S/C12H15Cl/c1-2-12(7-8-12)9-10-5-3-4-6-11(10)13/h3-6H,2,7-9H2,1H3. The summed E-state index contributed by atoms with van der Waals surface area (Å²) in [6.45, 7) is 2.28. The number of benzene rings is 1. The molecule has 0 atom stereocenters. The lowest BCUT2D eigenvalue weighted by molar-refractivity contribution is 0.489. The lowest BCUT2D eigenvalue weighted by Gasteiger charge is -2.12. The molecule has 0 amide bonds. The maximum atomic E-state index is 6.12. The van der Waals surface area contributed by atoms with E-state index in [0.717, 1.165) is 5.02 Å². The van der Waals surface area contributed by atoms with Crippen LogP contribution in [0.1, 0.15) is 31.7 Å². The van der Waals surface area contributed by atoms with Crippen LogP contribution >= 0.6 is 11.6 Å². The molecule has 2 rings (SSSR count). The van der Waals surface area contributed by atoms with Crippen LogP contribution in [0.5, 0.6) is 0 Å². The molecule has 0 N–H and O–H groups in total. The van der Waals surface area contributed by atoms with E-state index in [0.29, 0.717) is 5.41 Å². The summed E-state index contributed by atoms with van der Waals surface area (Å²) in [5.74, 6) is 0. The Hall–Kier alpha value is -0.490. The Morgan fingerprint density at radius 3 is 2.54 bits per heavy atom. The van der Waals surface area contributed by atoms with E-state index in [1.807, 2.05) is 12.1 Å². The molecule has 0 saturated heterocycles. The van der Waals surface area contributed by atoms with E-state index in [9.17, 15) is 0 Å². The second-order valence-electron chi connectivity index (χ2n) is 4.12. The van der Waals surface area contributed by atoms with Gasteiger partial charge in [0.2, 0.25) is 0 Å². The Morgan fingerprint density at radius 1 is 1.31 bits per heavy atom. The highest BCUT2D eigenvalue weighted by Gasteiger charge is 2.40. The molecule has 1 saturated carbocycles. The fourth-order valence-electron chi connectivity index (χ4n) is 1.88. The van der Waals surface area contributed by atoms with E-state index in [-0.39, 0.29) is 0 Å². The molecule has 1 heteroatoms. The predicted molar refractivity (Wildman–Crippen MR) is 57.1 cm³/mol. The van der Waals surface area contributed by atoms with Gasteiger partial charge in [-0.1, -0.05) is 43.1 Å². The van der Waals surface area contributed by atoms with E-state index in [2.05, 4.69) is 19.1 Å². The normalized spacial score (nSPS) is 18.6. The van der Waals surface area contributed by atoms with Crippen LogP contribution in [-0.4, -0.2) is 0 Å². The van der Waals surface area contributed by atoms with Crippen molar-refractivity contribution < 1.29 is 0 Å². The summed E-state index contributed by atoms with van der Waals surface area (Å²) in [7, 11) is 0. The van der Waals surface area contributed by atoms with Gasteiger partial charge in [-0.05, 0) is 36.3 Å². The molecule has 1 fully saturated rings. The van der Waals surface area contributed by atoms with Crippen LogP contribution < -0.4 is 0 Å². The third-order valence-electron chi connectivity index (χ3n) is 3.23. The van der Waals surface area contributed by atoms with Crippen molar-refractivity contribution in [1.29, 1.82) is 0 Å². The average Bonchev–Trinajstić information content (AvgIpc) is 2.90. The number of hydrogen-bond donors (Lipinski definition) is 0. The molecule has 13 heavy (non-hydrogen) atoms. The highest BCUT2D eigenvalue weighted by Crippen LogP contribution is 2.51. The minimum absolute atomic E-state index is 0.602. The van der Waals surface area contributed by atoms with Gasteiger partial charge in [-0.2, -0.15) is 0 Å². The second kappa shape index (κ2) is 3.34. The molecule has 1 aromatic carbocycles. The van der Waals surface area contributed by atoms with Crippen LogP contribution in [0.4, 0.5) is 0 Å². The molecule has 0 aliphatic heterocycles. The molecule has 0 unspecified atom stereocenters. The van der Waals surface area contributed by atoms with Gasteiger partial charge in [0.05, 0.1) is 0 Å². The summed E-state index contributed by atoms with van der Waals surface area (Å²) in [4.78, 5) is 0. The zero-order valence-corrected chi connectivity index (χ0v) is 8.77. The SMILES string of the molecule is CCC1(Cc2ccccc2Cl)CC1. The van der Waals surface area contributed by atoms with Crippen LogP contribution in [0.3, 0.4) is 0 Å². The Morgan fingerprint density at radius 2 is 2.00 bits per heavy atom. The van der Waals surface area contributed by atoms with Crippen LogP contribution in [0.15, 0.2) is 24.3 Å². The predicted octanol–water partition coefficient (Wildman–Crippen LogP) is 4.07. The molecule has 0 heterocycles. The van der Waals surface area contributed by atoms with Gasteiger partial charge in [-0.25, -0.2) is 0 Å². The number of halogens is 1. The van der Waals surface area contributed by atoms with Crippen LogP contribution in [0.2, 0.25) is 5.02 Å². The van der Waals surface area contributed by atoms with Gasteiger partial charge in [-0.3, -0.25) is 0 Å². The Bertz CT molecular complexity index is 300. The van der Waals surface area contributed by atoms with Crippen LogP contribution in [0.25, 0.3) is 0 Å². The summed E-state index contributed by atoms with van der Waals surface area (Å²) in [6.07, 6.45) is 5.23. The van der Waals surface area contributed by atoms with Gasteiger partial charge in [0.1, 0.15) is 0 Å². The van der Waals surface area contributed by atoms with E-state index in [1.54, 1.807) is 0 Å². The second-order valence-corrected chi connectivity index (χ2v) is 4.53. The fraction of sp³-hybridized carbons (Fsp3) is 0.500. The first-order valence-electron chi connectivity index (χ1n) is 4.99. The molecule has 1 aromatic rings. The van der Waals surface area contributed by atoms with Crippen molar-refractivity contribution in [1.82, 2.24) is 0 Å². The van der Waals surface area contributed by atoms with Gasteiger partial charge >= 0.3 is 0 Å². The first-order chi connectivity index (χ1) is 6.26. The lowest BCUT2D eigenvalue weighted by atomic mass is 9.94. The van der Waals surface area contributed by atoms with E-state index >= 15 is 0 Å². The van der Waals surface area contributed by atoms with Gasteiger partial charge < -0.3 is 0 Å². The Balaban J connectivity index is 2.14. The summed E-state index contributed by atoms with van der Waals surface area (Å²) < 4.78 is 0. The van der Waals surface area contributed by atoms with Gasteiger partial charge in [-0.15, -0.1) is 0 Å². The van der Waals surface area contributed by atoms with Crippen molar-refractivity contribution in [2.75, 3.05) is 0 Å². The van der Waals surface area contributed by atoms with Gasteiger partial charge in [0, 0.05) is 5.02 Å². The monoisotopic (exact) mass is 194 g/mol. The summed E-state index contributed by atoms with van der Waals surface area (Å²) in [5, 5.41) is 0.933. The first kappa shape index (κ1) is 9.08. The minimum atomic E-state index is 0.602. The maximum Gasteiger partial charge on any atom is 0.0438 e. The van der Waals surface area contributed by atoms with Crippen molar-refractivity contribution in [3.8, 4) is 0 Å². The van der Waals surface area contributed by atoms with Crippen molar-refractivity contribution in [2.45, 2.75) is 32.6 Å². The molecule has 0 spiro atoms. The van der Waals surface area contributed by atoms with Crippen molar-refractivity contribution in [3.63, 3.8) is 0 Å². The average molecular weight is 195 g/mol. The highest BCUT2D eigenvalue weighted by molar-refractivity contribution is 6.31. The zero-order valence-electron chi connectivity index (χ0n) is 8.02. The molecule has 0 aromatic heterocycles. The Labute approximate surface area is 84.9 Å². The third kappa shape index (κ3) is 1.88. The highest BCUT2D eigenvalue weighted by atomic mass is 35.5. The number of rotatable bonds is 3. The van der Waals surface area contributed by atoms with Gasteiger partial charge in [0.25, 0.3) is 0 Å². The minimum Gasteiger partial charge on any atom is -0.0840 e. The van der Waals surface area contributed by atoms with Crippen molar-refractivity contribution in [2.24, 2.45) is 5.41 Å². The van der Waals surface area contributed by atoms with E-state index in [4.69, 9.17) is 11.6 Å². The summed E-state index contributed by atoms with van der Waals surface area (Å²) in [5.41, 5.74) is 1.92. The summed E-state index contributed by atoms with van der Waals surface area (Å²) in [6, 6.07) is 8.21. The molecule has 0 nitrogen and oxygen atoms in total. The van der Waals surface area contributed by atoms with Crippen LogP contribution in [0, 0.1) is 5.41 Å². The molecular formula is C12H15Cl. The van der Waals surface area contributed by atoms with Gasteiger partial charge in [0.15, 0.2) is 0 Å². The van der Waals surface area contributed by atoms with Crippen molar-refractivity contribution in [3.05, 3.63) is 34.9 Å². The largest absolute Gasteiger partial charge is 0.0840 e. The Kier molecular flexibility index (Phi) is 2.33. The zero-order chi connectivity index (χ0) is 9.31. The molecule has 0 radical (unpaired) electrons. The van der Waals surface area contributed by atoms with Crippen molar-refractivity contribution >= 4 is 11.6 Å². The van der Waals surface area contributed by atoms with E-state index < -0.39 is 0 Å². The number of hydrogen-bond acceptors (Lipinski definition) is 0. The quantitative estimate of drug-likeness (QED) is 0.681. The first-order valence-corrected chi connectivity index (χ1v) is 5.37. The molecule has 0 bridgehead atoms.